The van der Waals surface area contributed by atoms with Crippen LogP contribution in [0.4, 0.5) is 0 Å². The summed E-state index contributed by atoms with van der Waals surface area (Å²) >= 11 is 0. The quantitative estimate of drug-likeness (QED) is 0.0262. The minimum Gasteiger partial charge on any atom is -0.394 e. The van der Waals surface area contributed by atoms with Crippen molar-refractivity contribution in [3.05, 3.63) is 97.2 Å². The van der Waals surface area contributed by atoms with Crippen molar-refractivity contribution in [1.29, 1.82) is 0 Å². The van der Waals surface area contributed by atoms with Crippen LogP contribution in [-0.4, -0.2) is 87.5 Å². The largest absolute Gasteiger partial charge is 0.394 e. The van der Waals surface area contributed by atoms with E-state index in [0.29, 0.717) is 12.8 Å². The molecule has 0 saturated carbocycles. The first-order valence-corrected chi connectivity index (χ1v) is 25.9. The standard InChI is InChI=1S/C56H95NO8/c1-3-5-7-9-11-13-15-16-17-18-19-20-21-22-23-24-25-26-27-28-29-30-31-32-33-34-36-38-40-42-44-46-52(60)57-49(48-64-56-55(63)54(62)53(61)51(47-58)65-56)50(59)45-43-41-39-37-35-14-12-10-8-6-4-2/h5,7,11,13,16-17,19-20,22-23,25-26,28-29,31-32,49-51,53-56,58-59,61-63H,3-4,6,8-10,12,14-15,18,21,24,27,30,33-48H2,1-2H3,(H,57,60)/b7-5-,13-11-,17-16-,20-19-,23-22-,26-25-,29-28-,32-31-. The van der Waals surface area contributed by atoms with Crippen molar-refractivity contribution in [3.8, 4) is 0 Å². The van der Waals surface area contributed by atoms with Gasteiger partial charge in [0.05, 0.1) is 25.4 Å². The van der Waals surface area contributed by atoms with Crippen LogP contribution >= 0.6 is 0 Å². The number of ether oxygens (including phenoxy) is 2. The average molecular weight is 910 g/mol. The number of carbonyl (C=O) groups is 1. The maximum absolute atomic E-state index is 13.0. The van der Waals surface area contributed by atoms with Crippen molar-refractivity contribution >= 4 is 5.91 Å². The second kappa shape index (κ2) is 44.9. The van der Waals surface area contributed by atoms with Crippen LogP contribution < -0.4 is 5.32 Å². The Morgan fingerprint density at radius 1 is 0.538 bits per heavy atom. The van der Waals surface area contributed by atoms with Crippen LogP contribution in [0.15, 0.2) is 97.2 Å². The molecule has 0 radical (unpaired) electrons. The number of rotatable bonds is 42. The molecule has 0 aromatic rings. The summed E-state index contributed by atoms with van der Waals surface area (Å²) in [5.41, 5.74) is 0. The zero-order valence-electron chi connectivity index (χ0n) is 41.0. The van der Waals surface area contributed by atoms with E-state index >= 15 is 0 Å². The van der Waals surface area contributed by atoms with E-state index in [1.807, 2.05) is 0 Å². The molecule has 1 aliphatic heterocycles. The minimum atomic E-state index is -1.56. The van der Waals surface area contributed by atoms with Crippen molar-refractivity contribution < 1.29 is 39.8 Å². The Bertz CT molecular complexity index is 1330. The lowest BCUT2D eigenvalue weighted by Gasteiger charge is -2.40. The molecule has 1 rings (SSSR count). The Morgan fingerprint density at radius 2 is 0.954 bits per heavy atom. The third-order valence-corrected chi connectivity index (χ3v) is 11.7. The van der Waals surface area contributed by atoms with E-state index < -0.39 is 49.5 Å². The molecule has 9 nitrogen and oxygen atoms in total. The number of amides is 1. The maximum Gasteiger partial charge on any atom is 0.220 e. The molecule has 1 heterocycles. The summed E-state index contributed by atoms with van der Waals surface area (Å²) in [5, 5.41) is 54.4. The van der Waals surface area contributed by atoms with Gasteiger partial charge in [-0.05, 0) is 77.0 Å². The van der Waals surface area contributed by atoms with E-state index in [4.69, 9.17) is 9.47 Å². The monoisotopic (exact) mass is 910 g/mol. The SMILES string of the molecule is CC/C=C\C/C=C\C/C=C\C/C=C\C/C=C\C/C=C\C/C=C\C/C=C\CCCCCCCCC(=O)NC(COC1OC(CO)C(O)C(O)C1O)C(O)CCCCCCCCCCCCC. The van der Waals surface area contributed by atoms with Crippen LogP contribution in [-0.2, 0) is 14.3 Å². The molecule has 372 valence electrons. The molecule has 0 aromatic carbocycles. The second-order valence-corrected chi connectivity index (χ2v) is 17.6. The van der Waals surface area contributed by atoms with Gasteiger partial charge in [-0.3, -0.25) is 4.79 Å². The molecule has 7 unspecified atom stereocenters. The molecule has 0 spiro atoms. The van der Waals surface area contributed by atoms with Gasteiger partial charge in [-0.15, -0.1) is 0 Å². The smallest absolute Gasteiger partial charge is 0.220 e. The van der Waals surface area contributed by atoms with Crippen molar-refractivity contribution in [1.82, 2.24) is 5.32 Å². The number of unbranched alkanes of at least 4 members (excludes halogenated alkanes) is 16. The summed E-state index contributed by atoms with van der Waals surface area (Å²) in [7, 11) is 0. The van der Waals surface area contributed by atoms with Crippen LogP contribution in [0.5, 0.6) is 0 Å². The summed E-state index contributed by atoms with van der Waals surface area (Å²) in [6.07, 6.45) is 57.1. The Labute approximate surface area is 396 Å². The molecule has 65 heavy (non-hydrogen) atoms. The number of carbonyl (C=O) groups excluding carboxylic acids is 1. The van der Waals surface area contributed by atoms with Gasteiger partial charge >= 0.3 is 0 Å². The Balaban J connectivity index is 2.22. The first-order chi connectivity index (χ1) is 31.8. The van der Waals surface area contributed by atoms with Gasteiger partial charge in [0.1, 0.15) is 24.4 Å². The highest BCUT2D eigenvalue weighted by Gasteiger charge is 2.44. The second-order valence-electron chi connectivity index (χ2n) is 17.6. The van der Waals surface area contributed by atoms with E-state index in [2.05, 4.69) is 116 Å². The van der Waals surface area contributed by atoms with Crippen molar-refractivity contribution in [2.24, 2.45) is 0 Å². The summed E-state index contributed by atoms with van der Waals surface area (Å²) in [6.45, 7) is 3.68. The van der Waals surface area contributed by atoms with Crippen LogP contribution in [0.1, 0.15) is 194 Å². The lowest BCUT2D eigenvalue weighted by molar-refractivity contribution is -0.302. The summed E-state index contributed by atoms with van der Waals surface area (Å²) < 4.78 is 11.3. The van der Waals surface area contributed by atoms with Crippen LogP contribution in [0.2, 0.25) is 0 Å². The Morgan fingerprint density at radius 3 is 1.42 bits per heavy atom. The van der Waals surface area contributed by atoms with E-state index in [-0.39, 0.29) is 12.5 Å². The highest BCUT2D eigenvalue weighted by molar-refractivity contribution is 5.76. The highest BCUT2D eigenvalue weighted by atomic mass is 16.7. The molecular formula is C56H95NO8. The fourth-order valence-corrected chi connectivity index (χ4v) is 7.59. The van der Waals surface area contributed by atoms with Crippen molar-refractivity contribution in [3.63, 3.8) is 0 Å². The van der Waals surface area contributed by atoms with E-state index in [9.17, 15) is 30.3 Å². The number of aliphatic hydroxyl groups is 5. The molecule has 1 saturated heterocycles. The van der Waals surface area contributed by atoms with Gasteiger partial charge in [0.25, 0.3) is 0 Å². The fraction of sp³-hybridized carbons (Fsp3) is 0.696. The van der Waals surface area contributed by atoms with Gasteiger partial charge in [-0.1, -0.05) is 207 Å². The van der Waals surface area contributed by atoms with Gasteiger partial charge in [-0.25, -0.2) is 0 Å². The summed E-state index contributed by atoms with van der Waals surface area (Å²) in [4.78, 5) is 13.0. The molecule has 0 aliphatic carbocycles. The number of hydrogen-bond donors (Lipinski definition) is 6. The molecule has 7 atom stereocenters. The van der Waals surface area contributed by atoms with Gasteiger partial charge in [-0.2, -0.15) is 0 Å². The van der Waals surface area contributed by atoms with Gasteiger partial charge in [0.2, 0.25) is 5.91 Å². The third kappa shape index (κ3) is 35.0. The van der Waals surface area contributed by atoms with Crippen molar-refractivity contribution in [2.45, 2.75) is 236 Å². The molecule has 0 aromatic heterocycles. The zero-order chi connectivity index (χ0) is 47.3. The number of nitrogens with one attached hydrogen (secondary N) is 1. The van der Waals surface area contributed by atoms with E-state index in [1.165, 1.54) is 51.4 Å². The topological polar surface area (TPSA) is 149 Å². The summed E-state index contributed by atoms with van der Waals surface area (Å²) in [5.74, 6) is -0.165. The summed E-state index contributed by atoms with van der Waals surface area (Å²) in [6, 6.07) is -0.732. The third-order valence-electron chi connectivity index (χ3n) is 11.7. The van der Waals surface area contributed by atoms with Crippen LogP contribution in [0, 0.1) is 0 Å². The number of aliphatic hydroxyl groups excluding tert-OH is 5. The molecule has 0 bridgehead atoms. The predicted molar refractivity (Wildman–Crippen MR) is 271 cm³/mol. The van der Waals surface area contributed by atoms with Gasteiger partial charge in [0.15, 0.2) is 6.29 Å². The van der Waals surface area contributed by atoms with Crippen LogP contribution in [0.25, 0.3) is 0 Å². The zero-order valence-corrected chi connectivity index (χ0v) is 41.0. The fourth-order valence-electron chi connectivity index (χ4n) is 7.59. The first kappa shape index (κ1) is 60.1. The van der Waals surface area contributed by atoms with Crippen molar-refractivity contribution in [2.75, 3.05) is 13.2 Å². The Hall–Kier alpha value is -2.89. The normalized spacial score (nSPS) is 20.8. The van der Waals surface area contributed by atoms with Gasteiger partial charge < -0.3 is 40.3 Å². The molecule has 9 heteroatoms. The molecule has 1 amide bonds. The Kier molecular flexibility index (Phi) is 41.6. The van der Waals surface area contributed by atoms with E-state index in [1.54, 1.807) is 0 Å². The average Bonchev–Trinajstić information content (AvgIpc) is 3.31. The number of hydrogen-bond acceptors (Lipinski definition) is 8. The molecule has 6 N–H and O–H groups in total. The maximum atomic E-state index is 13.0. The first-order valence-electron chi connectivity index (χ1n) is 25.9. The molecule has 1 aliphatic rings. The lowest BCUT2D eigenvalue weighted by Crippen LogP contribution is -2.60. The van der Waals surface area contributed by atoms with Gasteiger partial charge in [0, 0.05) is 6.42 Å². The van der Waals surface area contributed by atoms with E-state index in [0.717, 1.165) is 116 Å². The van der Waals surface area contributed by atoms with Crippen LogP contribution in [0.3, 0.4) is 0 Å². The number of allylic oxidation sites excluding steroid dienone is 16. The lowest BCUT2D eigenvalue weighted by atomic mass is 9.99. The highest BCUT2D eigenvalue weighted by Crippen LogP contribution is 2.23. The minimum absolute atomic E-state index is 0.150. The predicted octanol–water partition coefficient (Wildman–Crippen LogP) is 12.1. The molecular weight excluding hydrogens is 815 g/mol. The molecule has 1 fully saturated rings.